The van der Waals surface area contributed by atoms with E-state index < -0.39 is 0 Å². The molecule has 0 radical (unpaired) electrons. The van der Waals surface area contributed by atoms with Crippen molar-refractivity contribution in [2.24, 2.45) is 0 Å². The van der Waals surface area contributed by atoms with E-state index in [1.165, 1.54) is 5.56 Å². The number of anilines is 2. The number of rotatable bonds is 4. The smallest absolute Gasteiger partial charge is 0.226 e. The standard InChI is InChI=1S/C21H27N3O/c1-5-21(25)24-15(4)12-18(17-8-6-7-9-19(17)24)23-20-11-10-16(13-22-20)14(2)3/h6-11,13-15,18H,5,12H2,1-4H3,(H,22,23). The number of carbonyl (C=O) groups is 1. The second-order valence-corrected chi connectivity index (χ2v) is 7.09. The molecular weight excluding hydrogens is 310 g/mol. The lowest BCUT2D eigenvalue weighted by Gasteiger charge is -2.39. The SMILES string of the molecule is CCC(=O)N1c2ccccc2C(Nc2ccc(C(C)C)cn2)CC1C. The lowest BCUT2D eigenvalue weighted by Crippen LogP contribution is -2.44. The van der Waals surface area contributed by atoms with E-state index in [1.54, 1.807) is 0 Å². The van der Waals surface area contributed by atoms with Gasteiger partial charge in [-0.1, -0.05) is 45.0 Å². The zero-order valence-corrected chi connectivity index (χ0v) is 15.5. The number of aromatic nitrogens is 1. The van der Waals surface area contributed by atoms with Crippen LogP contribution in [0.1, 0.15) is 63.6 Å². The molecule has 1 amide bonds. The van der Waals surface area contributed by atoms with Gasteiger partial charge in [0.25, 0.3) is 0 Å². The molecule has 4 nitrogen and oxygen atoms in total. The van der Waals surface area contributed by atoms with Crippen LogP contribution < -0.4 is 10.2 Å². The molecule has 25 heavy (non-hydrogen) atoms. The topological polar surface area (TPSA) is 45.2 Å². The summed E-state index contributed by atoms with van der Waals surface area (Å²) < 4.78 is 0. The first-order chi connectivity index (χ1) is 12.0. The predicted molar refractivity (Wildman–Crippen MR) is 103 cm³/mol. The molecule has 1 aromatic heterocycles. The molecule has 0 saturated carbocycles. The third-order valence-corrected chi connectivity index (χ3v) is 4.94. The average molecular weight is 337 g/mol. The first kappa shape index (κ1) is 17.5. The van der Waals surface area contributed by atoms with Crippen molar-refractivity contribution in [2.45, 2.75) is 58.5 Å². The van der Waals surface area contributed by atoms with Gasteiger partial charge in [-0.3, -0.25) is 4.79 Å². The summed E-state index contributed by atoms with van der Waals surface area (Å²) in [7, 11) is 0. The molecule has 2 heterocycles. The van der Waals surface area contributed by atoms with Crippen molar-refractivity contribution in [3.8, 4) is 0 Å². The van der Waals surface area contributed by atoms with Gasteiger partial charge in [0, 0.05) is 24.3 Å². The second-order valence-electron chi connectivity index (χ2n) is 7.09. The van der Waals surface area contributed by atoms with E-state index >= 15 is 0 Å². The summed E-state index contributed by atoms with van der Waals surface area (Å²) in [5.41, 5.74) is 3.42. The van der Waals surface area contributed by atoms with Crippen molar-refractivity contribution >= 4 is 17.4 Å². The van der Waals surface area contributed by atoms with Crippen LogP contribution in [0.5, 0.6) is 0 Å². The number of para-hydroxylation sites is 1. The number of nitrogens with one attached hydrogen (secondary N) is 1. The van der Waals surface area contributed by atoms with Crippen LogP contribution in [0, 0.1) is 0 Å². The highest BCUT2D eigenvalue weighted by Crippen LogP contribution is 2.38. The summed E-state index contributed by atoms with van der Waals surface area (Å²) in [5, 5.41) is 3.56. The Morgan fingerprint density at radius 3 is 2.68 bits per heavy atom. The summed E-state index contributed by atoms with van der Waals surface area (Å²) in [6, 6.07) is 12.7. The predicted octanol–water partition coefficient (Wildman–Crippen LogP) is 4.89. The lowest BCUT2D eigenvalue weighted by molar-refractivity contribution is -0.118. The highest BCUT2D eigenvalue weighted by molar-refractivity contribution is 5.95. The van der Waals surface area contributed by atoms with Crippen molar-refractivity contribution < 1.29 is 4.79 Å². The van der Waals surface area contributed by atoms with Crippen LogP contribution in [0.3, 0.4) is 0 Å². The fourth-order valence-electron chi connectivity index (χ4n) is 3.51. The third kappa shape index (κ3) is 3.53. The number of hydrogen-bond acceptors (Lipinski definition) is 3. The normalized spacial score (nSPS) is 19.6. The van der Waals surface area contributed by atoms with Crippen molar-refractivity contribution in [3.05, 3.63) is 53.7 Å². The first-order valence-corrected chi connectivity index (χ1v) is 9.14. The second kappa shape index (κ2) is 7.26. The van der Waals surface area contributed by atoms with Crippen molar-refractivity contribution in [3.63, 3.8) is 0 Å². The van der Waals surface area contributed by atoms with Gasteiger partial charge in [-0.25, -0.2) is 4.98 Å². The number of benzene rings is 1. The van der Waals surface area contributed by atoms with Crippen molar-refractivity contribution in [1.82, 2.24) is 4.98 Å². The zero-order valence-electron chi connectivity index (χ0n) is 15.5. The highest BCUT2D eigenvalue weighted by Gasteiger charge is 2.32. The quantitative estimate of drug-likeness (QED) is 0.863. The van der Waals surface area contributed by atoms with Crippen LogP contribution in [0.15, 0.2) is 42.6 Å². The molecule has 1 aliphatic rings. The maximum absolute atomic E-state index is 12.4. The average Bonchev–Trinajstić information content (AvgIpc) is 2.62. The van der Waals surface area contributed by atoms with Crippen LogP contribution in [-0.2, 0) is 4.79 Å². The third-order valence-electron chi connectivity index (χ3n) is 4.94. The molecule has 1 aromatic carbocycles. The minimum atomic E-state index is 0.157. The monoisotopic (exact) mass is 337 g/mol. The number of amides is 1. The molecule has 0 spiro atoms. The van der Waals surface area contributed by atoms with Gasteiger partial charge in [-0.15, -0.1) is 0 Å². The molecule has 1 N–H and O–H groups in total. The molecule has 2 unspecified atom stereocenters. The largest absolute Gasteiger partial charge is 0.363 e. The van der Waals surface area contributed by atoms with Crippen LogP contribution >= 0.6 is 0 Å². The first-order valence-electron chi connectivity index (χ1n) is 9.14. The van der Waals surface area contributed by atoms with Crippen LogP contribution in [0.2, 0.25) is 0 Å². The molecule has 0 fully saturated rings. The maximum Gasteiger partial charge on any atom is 0.226 e. The molecule has 2 atom stereocenters. The Hall–Kier alpha value is -2.36. The molecule has 2 aromatic rings. The van der Waals surface area contributed by atoms with E-state index in [0.29, 0.717) is 12.3 Å². The molecular formula is C21H27N3O. The number of carbonyl (C=O) groups excluding carboxylic acids is 1. The minimum absolute atomic E-state index is 0.157. The fourth-order valence-corrected chi connectivity index (χ4v) is 3.51. The summed E-state index contributed by atoms with van der Waals surface area (Å²) in [4.78, 5) is 18.9. The van der Waals surface area contributed by atoms with Crippen LogP contribution in [0.4, 0.5) is 11.5 Å². The molecule has 3 rings (SSSR count). The molecule has 0 saturated heterocycles. The Balaban J connectivity index is 1.88. The number of fused-ring (bicyclic) bond motifs is 1. The molecule has 0 aliphatic carbocycles. The van der Waals surface area contributed by atoms with Gasteiger partial charge in [0.05, 0.1) is 6.04 Å². The Kier molecular flexibility index (Phi) is 5.07. The highest BCUT2D eigenvalue weighted by atomic mass is 16.2. The van der Waals surface area contributed by atoms with Crippen LogP contribution in [-0.4, -0.2) is 16.9 Å². The Labute approximate surface area is 150 Å². The van der Waals surface area contributed by atoms with E-state index in [2.05, 4.69) is 43.2 Å². The Bertz CT molecular complexity index is 739. The van der Waals surface area contributed by atoms with E-state index in [0.717, 1.165) is 23.5 Å². The van der Waals surface area contributed by atoms with E-state index in [4.69, 9.17) is 0 Å². The van der Waals surface area contributed by atoms with E-state index in [1.807, 2.05) is 42.3 Å². The van der Waals surface area contributed by atoms with Gasteiger partial charge in [0.15, 0.2) is 0 Å². The van der Waals surface area contributed by atoms with Gasteiger partial charge in [-0.2, -0.15) is 0 Å². The molecule has 132 valence electrons. The van der Waals surface area contributed by atoms with Gasteiger partial charge in [0.1, 0.15) is 5.82 Å². The van der Waals surface area contributed by atoms with Gasteiger partial charge < -0.3 is 10.2 Å². The number of nitrogens with zero attached hydrogens (tertiary/aromatic N) is 2. The minimum Gasteiger partial charge on any atom is -0.363 e. The van der Waals surface area contributed by atoms with Crippen molar-refractivity contribution in [2.75, 3.05) is 10.2 Å². The Morgan fingerprint density at radius 1 is 1.28 bits per heavy atom. The van der Waals surface area contributed by atoms with E-state index in [-0.39, 0.29) is 18.0 Å². The molecule has 1 aliphatic heterocycles. The fraction of sp³-hybridized carbons (Fsp3) is 0.429. The van der Waals surface area contributed by atoms with Gasteiger partial charge in [0.2, 0.25) is 5.91 Å². The van der Waals surface area contributed by atoms with Gasteiger partial charge >= 0.3 is 0 Å². The number of pyridine rings is 1. The summed E-state index contributed by atoms with van der Waals surface area (Å²) in [5.74, 6) is 1.54. The van der Waals surface area contributed by atoms with Crippen LogP contribution in [0.25, 0.3) is 0 Å². The number of hydrogen-bond donors (Lipinski definition) is 1. The summed E-state index contributed by atoms with van der Waals surface area (Å²) in [6.45, 7) is 8.38. The van der Waals surface area contributed by atoms with E-state index in [9.17, 15) is 4.79 Å². The van der Waals surface area contributed by atoms with Gasteiger partial charge in [-0.05, 0) is 42.5 Å². The molecule has 4 heteroatoms. The summed E-state index contributed by atoms with van der Waals surface area (Å²) in [6.07, 6.45) is 3.34. The Morgan fingerprint density at radius 2 is 2.04 bits per heavy atom. The zero-order chi connectivity index (χ0) is 18.0. The maximum atomic E-state index is 12.4. The van der Waals surface area contributed by atoms with Crippen molar-refractivity contribution in [1.29, 1.82) is 0 Å². The molecule has 0 bridgehead atoms. The summed E-state index contributed by atoms with van der Waals surface area (Å²) >= 11 is 0. The lowest BCUT2D eigenvalue weighted by atomic mass is 9.91.